The molecule has 0 aromatic heterocycles. The average Bonchev–Trinajstić information content (AvgIpc) is 2.54. The zero-order valence-electron chi connectivity index (χ0n) is 16.3. The molecule has 22 heavy (non-hydrogen) atoms. The Bertz CT molecular complexity index is 184. The van der Waals surface area contributed by atoms with Gasteiger partial charge in [-0.2, -0.15) is 0 Å². The van der Waals surface area contributed by atoms with Gasteiger partial charge in [0.2, 0.25) is 0 Å². The van der Waals surface area contributed by atoms with E-state index < -0.39 is 0 Å². The minimum absolute atomic E-state index is 0.951. The van der Waals surface area contributed by atoms with E-state index in [0.717, 1.165) is 5.92 Å². The van der Waals surface area contributed by atoms with Crippen LogP contribution in [0.1, 0.15) is 136 Å². The third-order valence-corrected chi connectivity index (χ3v) is 5.25. The fourth-order valence-electron chi connectivity index (χ4n) is 3.25. The van der Waals surface area contributed by atoms with E-state index >= 15 is 0 Å². The average molecular weight is 311 g/mol. The molecule has 0 aromatic rings. The van der Waals surface area contributed by atoms with E-state index in [-0.39, 0.29) is 0 Å². The van der Waals surface area contributed by atoms with Crippen LogP contribution in [-0.4, -0.2) is 0 Å². The first-order valence-electron chi connectivity index (χ1n) is 10.8. The molecule has 0 bridgehead atoms. The van der Waals surface area contributed by atoms with Gasteiger partial charge in [-0.15, -0.1) is 0 Å². The summed E-state index contributed by atoms with van der Waals surface area (Å²) in [6.07, 6.45) is 26.4. The fraction of sp³-hybridized carbons (Fsp3) is 1.00. The molecule has 0 radical (unpaired) electrons. The number of unbranched alkanes of at least 4 members (excludes halogenated alkanes) is 15. The Morgan fingerprint density at radius 3 is 1.09 bits per heavy atom. The summed E-state index contributed by atoms with van der Waals surface area (Å²) in [6.45, 7) is 7.01. The van der Waals surface area contributed by atoms with Gasteiger partial charge in [0, 0.05) is 0 Å². The van der Waals surface area contributed by atoms with Crippen LogP contribution in [0.3, 0.4) is 0 Å². The smallest absolute Gasteiger partial charge is 0.0445 e. The molecule has 0 amide bonds. The molecule has 0 aromatic carbocycles. The Balaban J connectivity index is 2.97. The minimum Gasteiger partial charge on any atom is -0.0654 e. The van der Waals surface area contributed by atoms with Crippen molar-refractivity contribution in [2.24, 2.45) is 5.92 Å². The van der Waals surface area contributed by atoms with Gasteiger partial charge in [-0.1, -0.05) is 136 Å². The van der Waals surface area contributed by atoms with Crippen LogP contribution in [0.5, 0.6) is 0 Å². The molecule has 0 saturated heterocycles. The van der Waals surface area contributed by atoms with E-state index in [1.807, 2.05) is 0 Å². The van der Waals surface area contributed by atoms with Crippen LogP contribution in [0.4, 0.5) is 0 Å². The highest BCUT2D eigenvalue weighted by molar-refractivity contribution is 4.52. The topological polar surface area (TPSA) is 0 Å². The van der Waals surface area contributed by atoms with E-state index in [1.54, 1.807) is 0 Å². The second kappa shape index (κ2) is 19.0. The molecule has 0 nitrogen and oxygen atoms in total. The van der Waals surface area contributed by atoms with E-state index in [0.29, 0.717) is 0 Å². The summed E-state index contributed by atoms with van der Waals surface area (Å²) in [6, 6.07) is 0. The molecular formula is C22H46. The Morgan fingerprint density at radius 2 is 0.773 bits per heavy atom. The van der Waals surface area contributed by atoms with Crippen LogP contribution >= 0.6 is 0 Å². The SMILES string of the molecule is CCCCCCCCCCCCCCCCCC[C@H](C)CC. The van der Waals surface area contributed by atoms with Gasteiger partial charge in [-0.05, 0) is 5.92 Å². The second-order valence-electron chi connectivity index (χ2n) is 7.61. The van der Waals surface area contributed by atoms with Gasteiger partial charge >= 0.3 is 0 Å². The molecule has 0 saturated carbocycles. The van der Waals surface area contributed by atoms with Gasteiger partial charge in [0.15, 0.2) is 0 Å². The molecule has 0 aliphatic carbocycles. The van der Waals surface area contributed by atoms with Crippen LogP contribution in [-0.2, 0) is 0 Å². The summed E-state index contributed by atoms with van der Waals surface area (Å²) in [4.78, 5) is 0. The third-order valence-electron chi connectivity index (χ3n) is 5.25. The lowest BCUT2D eigenvalue weighted by Crippen LogP contribution is -1.91. The lowest BCUT2D eigenvalue weighted by Gasteiger charge is -2.07. The van der Waals surface area contributed by atoms with Gasteiger partial charge < -0.3 is 0 Å². The molecule has 0 heterocycles. The first kappa shape index (κ1) is 22.0. The first-order chi connectivity index (χ1) is 10.8. The number of hydrogen-bond acceptors (Lipinski definition) is 0. The maximum absolute atomic E-state index is 2.39. The van der Waals surface area contributed by atoms with Crippen molar-refractivity contribution in [3.8, 4) is 0 Å². The summed E-state index contributed by atoms with van der Waals surface area (Å²) in [5, 5.41) is 0. The molecular weight excluding hydrogens is 264 g/mol. The zero-order chi connectivity index (χ0) is 16.3. The highest BCUT2D eigenvalue weighted by Crippen LogP contribution is 2.16. The van der Waals surface area contributed by atoms with E-state index in [9.17, 15) is 0 Å². The second-order valence-corrected chi connectivity index (χ2v) is 7.61. The number of rotatable bonds is 18. The van der Waals surface area contributed by atoms with Crippen molar-refractivity contribution in [2.75, 3.05) is 0 Å². The molecule has 0 aliphatic heterocycles. The third kappa shape index (κ3) is 18.1. The minimum atomic E-state index is 0.951. The van der Waals surface area contributed by atoms with Gasteiger partial charge in [0.1, 0.15) is 0 Å². The van der Waals surface area contributed by atoms with E-state index in [2.05, 4.69) is 20.8 Å². The molecule has 0 fully saturated rings. The maximum atomic E-state index is 2.39. The first-order valence-corrected chi connectivity index (χ1v) is 10.8. The molecule has 1 atom stereocenters. The van der Waals surface area contributed by atoms with Crippen LogP contribution in [0.15, 0.2) is 0 Å². The largest absolute Gasteiger partial charge is 0.0654 e. The Hall–Kier alpha value is 0. The molecule has 0 unspecified atom stereocenters. The molecule has 0 heteroatoms. The highest BCUT2D eigenvalue weighted by atomic mass is 14.0. The monoisotopic (exact) mass is 310 g/mol. The lowest BCUT2D eigenvalue weighted by molar-refractivity contribution is 0.468. The lowest BCUT2D eigenvalue weighted by atomic mass is 9.99. The van der Waals surface area contributed by atoms with Crippen molar-refractivity contribution in [2.45, 2.75) is 136 Å². The normalized spacial score (nSPS) is 12.7. The Labute approximate surface area is 142 Å². The van der Waals surface area contributed by atoms with Gasteiger partial charge in [-0.25, -0.2) is 0 Å². The van der Waals surface area contributed by atoms with E-state index in [1.165, 1.54) is 116 Å². The molecule has 0 aliphatic rings. The van der Waals surface area contributed by atoms with Crippen molar-refractivity contribution in [3.63, 3.8) is 0 Å². The summed E-state index contributed by atoms with van der Waals surface area (Å²) < 4.78 is 0. The fourth-order valence-corrected chi connectivity index (χ4v) is 3.25. The molecule has 0 N–H and O–H groups in total. The van der Waals surface area contributed by atoms with Gasteiger partial charge in [-0.3, -0.25) is 0 Å². The maximum Gasteiger partial charge on any atom is -0.0445 e. The van der Waals surface area contributed by atoms with Crippen LogP contribution in [0.2, 0.25) is 0 Å². The predicted molar refractivity (Wildman–Crippen MR) is 104 cm³/mol. The highest BCUT2D eigenvalue weighted by Gasteiger charge is 1.98. The zero-order valence-corrected chi connectivity index (χ0v) is 16.3. The molecule has 0 rings (SSSR count). The van der Waals surface area contributed by atoms with Crippen molar-refractivity contribution in [1.82, 2.24) is 0 Å². The quantitative estimate of drug-likeness (QED) is 0.222. The molecule has 134 valence electrons. The summed E-state index contributed by atoms with van der Waals surface area (Å²) in [5.41, 5.74) is 0. The van der Waals surface area contributed by atoms with Crippen molar-refractivity contribution < 1.29 is 0 Å². The Morgan fingerprint density at radius 1 is 0.455 bits per heavy atom. The van der Waals surface area contributed by atoms with Crippen LogP contribution in [0.25, 0.3) is 0 Å². The standard InChI is InChI=1S/C22H46/c1-4-6-7-8-9-10-11-12-13-14-15-16-17-18-19-20-21-22(3)5-2/h22H,4-21H2,1-3H3/t22-/m1/s1. The van der Waals surface area contributed by atoms with Crippen molar-refractivity contribution >= 4 is 0 Å². The van der Waals surface area contributed by atoms with Crippen LogP contribution in [0, 0.1) is 5.92 Å². The van der Waals surface area contributed by atoms with E-state index in [4.69, 9.17) is 0 Å². The summed E-state index contributed by atoms with van der Waals surface area (Å²) in [7, 11) is 0. The summed E-state index contributed by atoms with van der Waals surface area (Å²) in [5.74, 6) is 0.951. The van der Waals surface area contributed by atoms with Gasteiger partial charge in [0.25, 0.3) is 0 Å². The summed E-state index contributed by atoms with van der Waals surface area (Å²) >= 11 is 0. The molecule has 0 spiro atoms. The van der Waals surface area contributed by atoms with Crippen molar-refractivity contribution in [1.29, 1.82) is 0 Å². The van der Waals surface area contributed by atoms with Crippen LogP contribution < -0.4 is 0 Å². The Kier molecular flexibility index (Phi) is 19.0. The van der Waals surface area contributed by atoms with Crippen molar-refractivity contribution in [3.05, 3.63) is 0 Å². The predicted octanol–water partition coefficient (Wildman–Crippen LogP) is 8.68. The van der Waals surface area contributed by atoms with Gasteiger partial charge in [0.05, 0.1) is 0 Å². The number of hydrogen-bond donors (Lipinski definition) is 0.